The van der Waals surface area contributed by atoms with Crippen molar-refractivity contribution >= 4 is 17.7 Å². The lowest BCUT2D eigenvalue weighted by Crippen LogP contribution is -2.38. The fraction of sp³-hybridized carbons (Fsp3) is 0.941. The van der Waals surface area contributed by atoms with Gasteiger partial charge in [0.05, 0.1) is 0 Å². The molecule has 0 aromatic carbocycles. The average Bonchev–Trinajstić information content (AvgIpc) is 2.54. The Kier molecular flexibility index (Phi) is 11.6. The van der Waals surface area contributed by atoms with E-state index >= 15 is 0 Å². The largest absolute Gasteiger partial charge is 0.356 e. The van der Waals surface area contributed by atoms with Gasteiger partial charge in [-0.2, -0.15) is 11.8 Å². The standard InChI is InChI=1S/C17H36N4S/c1-16-8-13-21(14-9-16)12-6-4-10-19-17(18-2)20-11-5-7-15-22-3/h16H,4-15H2,1-3H3,(H2,18,19,20). The van der Waals surface area contributed by atoms with E-state index in [1.54, 1.807) is 0 Å². The van der Waals surface area contributed by atoms with Gasteiger partial charge in [-0.3, -0.25) is 4.99 Å². The lowest BCUT2D eigenvalue weighted by Gasteiger charge is -2.30. The molecule has 22 heavy (non-hydrogen) atoms. The Hall–Kier alpha value is -0.420. The van der Waals surface area contributed by atoms with E-state index in [4.69, 9.17) is 0 Å². The molecule has 1 fully saturated rings. The first kappa shape index (κ1) is 19.6. The number of thioether (sulfide) groups is 1. The van der Waals surface area contributed by atoms with Crippen LogP contribution in [-0.4, -0.2) is 62.6 Å². The summed E-state index contributed by atoms with van der Waals surface area (Å²) in [5.41, 5.74) is 0. The monoisotopic (exact) mass is 328 g/mol. The minimum atomic E-state index is 0.934. The third kappa shape index (κ3) is 9.57. The molecule has 1 heterocycles. The summed E-state index contributed by atoms with van der Waals surface area (Å²) < 4.78 is 0. The van der Waals surface area contributed by atoms with Gasteiger partial charge in [0.2, 0.25) is 0 Å². The van der Waals surface area contributed by atoms with Gasteiger partial charge >= 0.3 is 0 Å². The number of aliphatic imine (C=N–C) groups is 1. The maximum absolute atomic E-state index is 4.28. The molecule has 5 heteroatoms. The van der Waals surface area contributed by atoms with E-state index in [0.29, 0.717) is 0 Å². The van der Waals surface area contributed by atoms with E-state index in [9.17, 15) is 0 Å². The number of nitrogens with zero attached hydrogens (tertiary/aromatic N) is 2. The topological polar surface area (TPSA) is 39.7 Å². The normalized spacial score (nSPS) is 17.7. The lowest BCUT2D eigenvalue weighted by molar-refractivity contribution is 0.189. The van der Waals surface area contributed by atoms with Crippen molar-refractivity contribution in [1.82, 2.24) is 15.5 Å². The summed E-state index contributed by atoms with van der Waals surface area (Å²) in [5.74, 6) is 3.14. The predicted octanol–water partition coefficient (Wildman–Crippen LogP) is 2.81. The Morgan fingerprint density at radius 2 is 1.73 bits per heavy atom. The summed E-state index contributed by atoms with van der Waals surface area (Å²) in [4.78, 5) is 6.90. The lowest BCUT2D eigenvalue weighted by atomic mass is 9.99. The molecule has 0 aromatic heterocycles. The van der Waals surface area contributed by atoms with Gasteiger partial charge in [-0.05, 0) is 76.1 Å². The van der Waals surface area contributed by atoms with Gasteiger partial charge in [0.15, 0.2) is 5.96 Å². The van der Waals surface area contributed by atoms with Gasteiger partial charge in [0.25, 0.3) is 0 Å². The first-order valence-electron chi connectivity index (χ1n) is 8.92. The maximum Gasteiger partial charge on any atom is 0.190 e. The van der Waals surface area contributed by atoms with Crippen LogP contribution in [0.1, 0.15) is 45.4 Å². The summed E-state index contributed by atoms with van der Waals surface area (Å²) in [6.45, 7) is 8.28. The molecule has 0 aliphatic carbocycles. The first-order valence-corrected chi connectivity index (χ1v) is 10.3. The van der Waals surface area contributed by atoms with Crippen molar-refractivity contribution in [3.63, 3.8) is 0 Å². The van der Waals surface area contributed by atoms with Crippen LogP contribution in [0.15, 0.2) is 4.99 Å². The summed E-state index contributed by atoms with van der Waals surface area (Å²) in [7, 11) is 1.85. The minimum absolute atomic E-state index is 0.934. The van der Waals surface area contributed by atoms with Crippen LogP contribution in [0, 0.1) is 5.92 Å². The second-order valence-corrected chi connectivity index (χ2v) is 7.34. The Labute approximate surface area is 141 Å². The van der Waals surface area contributed by atoms with Crippen molar-refractivity contribution in [2.45, 2.75) is 45.4 Å². The van der Waals surface area contributed by atoms with Crippen LogP contribution in [0.25, 0.3) is 0 Å². The Bertz CT molecular complexity index is 288. The summed E-state index contributed by atoms with van der Waals surface area (Å²) >= 11 is 1.92. The number of nitrogens with one attached hydrogen (secondary N) is 2. The number of likely N-dealkylation sites (tertiary alicyclic amines) is 1. The van der Waals surface area contributed by atoms with E-state index in [-0.39, 0.29) is 0 Å². The molecule has 0 unspecified atom stereocenters. The van der Waals surface area contributed by atoms with Gasteiger partial charge < -0.3 is 15.5 Å². The minimum Gasteiger partial charge on any atom is -0.356 e. The van der Waals surface area contributed by atoms with E-state index in [0.717, 1.165) is 25.0 Å². The van der Waals surface area contributed by atoms with Crippen LogP contribution in [0.3, 0.4) is 0 Å². The van der Waals surface area contributed by atoms with Crippen molar-refractivity contribution in [2.24, 2.45) is 10.9 Å². The fourth-order valence-electron chi connectivity index (χ4n) is 2.75. The first-order chi connectivity index (χ1) is 10.8. The van der Waals surface area contributed by atoms with Crippen LogP contribution in [0.4, 0.5) is 0 Å². The molecule has 0 radical (unpaired) electrons. The van der Waals surface area contributed by atoms with Crippen molar-refractivity contribution in [2.75, 3.05) is 51.8 Å². The highest BCUT2D eigenvalue weighted by atomic mass is 32.2. The second-order valence-electron chi connectivity index (χ2n) is 6.36. The molecule has 0 amide bonds. The average molecular weight is 329 g/mol. The number of piperidine rings is 1. The molecule has 0 atom stereocenters. The van der Waals surface area contributed by atoms with Crippen LogP contribution < -0.4 is 10.6 Å². The molecule has 0 spiro atoms. The van der Waals surface area contributed by atoms with E-state index in [2.05, 4.69) is 33.7 Å². The summed E-state index contributed by atoms with van der Waals surface area (Å²) in [6.07, 6.45) is 9.93. The Balaban J connectivity index is 1.95. The quantitative estimate of drug-likeness (QED) is 0.367. The molecule has 0 bridgehead atoms. The van der Waals surface area contributed by atoms with Crippen LogP contribution in [0.5, 0.6) is 0 Å². The SMILES string of the molecule is CN=C(NCCCCSC)NCCCCN1CCC(C)CC1. The zero-order chi connectivity index (χ0) is 16.0. The third-order valence-electron chi connectivity index (χ3n) is 4.36. The molecular formula is C17H36N4S. The van der Waals surface area contributed by atoms with Crippen molar-refractivity contribution in [3.8, 4) is 0 Å². The number of unbranched alkanes of at least 4 members (excludes halogenated alkanes) is 2. The van der Waals surface area contributed by atoms with Gasteiger partial charge in [-0.25, -0.2) is 0 Å². The molecule has 1 aliphatic rings. The van der Waals surface area contributed by atoms with Crippen molar-refractivity contribution in [3.05, 3.63) is 0 Å². The number of hydrogen-bond donors (Lipinski definition) is 2. The maximum atomic E-state index is 4.28. The van der Waals surface area contributed by atoms with Crippen LogP contribution in [-0.2, 0) is 0 Å². The van der Waals surface area contributed by atoms with Crippen molar-refractivity contribution in [1.29, 1.82) is 0 Å². The number of guanidine groups is 1. The molecule has 1 aliphatic heterocycles. The molecule has 1 rings (SSSR count). The molecule has 0 aromatic rings. The molecule has 1 saturated heterocycles. The molecule has 2 N–H and O–H groups in total. The number of hydrogen-bond acceptors (Lipinski definition) is 3. The van der Waals surface area contributed by atoms with Crippen LogP contribution in [0.2, 0.25) is 0 Å². The highest BCUT2D eigenvalue weighted by molar-refractivity contribution is 7.98. The molecular weight excluding hydrogens is 292 g/mol. The van der Waals surface area contributed by atoms with Crippen molar-refractivity contribution < 1.29 is 0 Å². The third-order valence-corrected chi connectivity index (χ3v) is 5.06. The highest BCUT2D eigenvalue weighted by Gasteiger charge is 2.14. The Morgan fingerprint density at radius 1 is 1.09 bits per heavy atom. The molecule has 0 saturated carbocycles. The zero-order valence-corrected chi connectivity index (χ0v) is 15.7. The highest BCUT2D eigenvalue weighted by Crippen LogP contribution is 2.15. The number of rotatable bonds is 10. The smallest absolute Gasteiger partial charge is 0.190 e. The van der Waals surface area contributed by atoms with Gasteiger partial charge in [-0.15, -0.1) is 0 Å². The molecule has 4 nitrogen and oxygen atoms in total. The van der Waals surface area contributed by atoms with Gasteiger partial charge in [0.1, 0.15) is 0 Å². The van der Waals surface area contributed by atoms with E-state index in [1.165, 1.54) is 63.9 Å². The van der Waals surface area contributed by atoms with Gasteiger partial charge in [0, 0.05) is 20.1 Å². The van der Waals surface area contributed by atoms with E-state index < -0.39 is 0 Å². The van der Waals surface area contributed by atoms with E-state index in [1.807, 2.05) is 18.8 Å². The fourth-order valence-corrected chi connectivity index (χ4v) is 3.24. The summed E-state index contributed by atoms with van der Waals surface area (Å²) in [6, 6.07) is 0. The second kappa shape index (κ2) is 13.1. The zero-order valence-electron chi connectivity index (χ0n) is 14.9. The Morgan fingerprint density at radius 3 is 2.32 bits per heavy atom. The van der Waals surface area contributed by atoms with Gasteiger partial charge in [-0.1, -0.05) is 6.92 Å². The molecule has 130 valence electrons. The predicted molar refractivity (Wildman–Crippen MR) is 101 cm³/mol. The summed E-state index contributed by atoms with van der Waals surface area (Å²) in [5, 5.41) is 6.81. The van der Waals surface area contributed by atoms with Crippen LogP contribution >= 0.6 is 11.8 Å².